The number of nitrogens with two attached hydrogens (primary N) is 1. The van der Waals surface area contributed by atoms with Gasteiger partial charge in [0.2, 0.25) is 5.91 Å². The van der Waals surface area contributed by atoms with Crippen LogP contribution in [0.15, 0.2) is 0 Å². The highest BCUT2D eigenvalue weighted by Gasteiger charge is 2.39. The van der Waals surface area contributed by atoms with Crippen LogP contribution in [0.5, 0.6) is 0 Å². The highest BCUT2D eigenvalue weighted by molar-refractivity contribution is 6.08. The fourth-order valence-electron chi connectivity index (χ4n) is 2.85. The van der Waals surface area contributed by atoms with Crippen molar-refractivity contribution in [2.75, 3.05) is 13.1 Å². The van der Waals surface area contributed by atoms with Gasteiger partial charge in [-0.05, 0) is 18.8 Å². The number of aliphatic hydroxyl groups is 2. The summed E-state index contributed by atoms with van der Waals surface area (Å²) in [6.07, 6.45) is 3.28. The van der Waals surface area contributed by atoms with Crippen molar-refractivity contribution in [3.8, 4) is 0 Å². The van der Waals surface area contributed by atoms with Crippen molar-refractivity contribution in [1.29, 1.82) is 0 Å². The molecule has 0 aromatic rings. The first-order valence-electron chi connectivity index (χ1n) is 7.41. The second-order valence-corrected chi connectivity index (χ2v) is 5.62. The number of amides is 1. The summed E-state index contributed by atoms with van der Waals surface area (Å²) in [5, 5.41) is 18.9. The van der Waals surface area contributed by atoms with E-state index in [1.54, 1.807) is 4.90 Å². The molecular weight excluding hydrogens is 243 g/mol. The summed E-state index contributed by atoms with van der Waals surface area (Å²) >= 11 is 0. The molecule has 0 unspecified atom stereocenters. The predicted octanol–water partition coefficient (Wildman–Crippen LogP) is -0.669. The largest absolute Gasteiger partial charge is 0.368 e. The van der Waals surface area contributed by atoms with E-state index < -0.39 is 12.3 Å². The minimum absolute atomic E-state index is 0.0495. The minimum atomic E-state index is -1.35. The molecule has 0 radical (unpaired) electrons. The van der Waals surface area contributed by atoms with Gasteiger partial charge in [-0.25, -0.2) is 0 Å². The molecule has 6 heteroatoms. The van der Waals surface area contributed by atoms with Crippen molar-refractivity contribution in [2.45, 2.75) is 51.3 Å². The summed E-state index contributed by atoms with van der Waals surface area (Å²) in [5.74, 6) is -0.103. The number of rotatable bonds is 7. The van der Waals surface area contributed by atoms with Crippen molar-refractivity contribution >= 4 is 13.8 Å². The van der Waals surface area contributed by atoms with Crippen LogP contribution in [0.3, 0.4) is 0 Å². The van der Waals surface area contributed by atoms with Gasteiger partial charge < -0.3 is 20.8 Å². The zero-order chi connectivity index (χ0) is 14.4. The molecule has 5 nitrogen and oxygen atoms in total. The molecule has 0 spiro atoms. The summed E-state index contributed by atoms with van der Waals surface area (Å²) in [6, 6.07) is -0.452. The highest BCUT2D eigenvalue weighted by Crippen LogP contribution is 2.30. The zero-order valence-corrected chi connectivity index (χ0v) is 12.1. The Hall–Kier alpha value is -0.585. The third kappa shape index (κ3) is 4.47. The number of likely N-dealkylation sites (tertiary alicyclic amines) is 1. The number of hydrogen-bond donors (Lipinski definition) is 3. The molecule has 1 heterocycles. The van der Waals surface area contributed by atoms with E-state index in [1.807, 2.05) is 6.92 Å². The van der Waals surface area contributed by atoms with Gasteiger partial charge in [0.1, 0.15) is 7.85 Å². The van der Waals surface area contributed by atoms with Gasteiger partial charge in [0.15, 0.2) is 6.29 Å². The summed E-state index contributed by atoms with van der Waals surface area (Å²) in [6.45, 7) is 3.03. The van der Waals surface area contributed by atoms with E-state index >= 15 is 0 Å². The number of nitrogens with zero attached hydrogens (tertiary/aromatic N) is 1. The minimum Gasteiger partial charge on any atom is -0.368 e. The lowest BCUT2D eigenvalue weighted by molar-refractivity contribution is -0.132. The van der Waals surface area contributed by atoms with Gasteiger partial charge in [-0.2, -0.15) is 0 Å². The van der Waals surface area contributed by atoms with Crippen molar-refractivity contribution < 1.29 is 15.0 Å². The standard InChI is InChI=1S/C13H27BN2O3/c1-2-4-11(15)12(17)16-7-9(5-3-6-14)10(8-16)13(18)19/h9-11,13,18-19H,2-8,14-15H2,1H3/t9-,10+,11-/m0/s1. The third-order valence-corrected chi connectivity index (χ3v) is 4.03. The van der Waals surface area contributed by atoms with E-state index in [1.165, 1.54) is 0 Å². The van der Waals surface area contributed by atoms with Crippen molar-refractivity contribution in [1.82, 2.24) is 4.90 Å². The van der Waals surface area contributed by atoms with Crippen molar-refractivity contribution in [2.24, 2.45) is 17.6 Å². The normalized spacial score (nSPS) is 25.0. The molecule has 110 valence electrons. The Morgan fingerprint density at radius 3 is 2.68 bits per heavy atom. The molecule has 0 bridgehead atoms. The Morgan fingerprint density at radius 1 is 1.47 bits per heavy atom. The van der Waals surface area contributed by atoms with Crippen LogP contribution in [-0.2, 0) is 4.79 Å². The summed E-state index contributed by atoms with van der Waals surface area (Å²) in [5.41, 5.74) is 5.86. The average molecular weight is 270 g/mol. The maximum Gasteiger partial charge on any atom is 0.239 e. The van der Waals surface area contributed by atoms with Gasteiger partial charge in [0.05, 0.1) is 6.04 Å². The first-order valence-corrected chi connectivity index (χ1v) is 7.41. The van der Waals surface area contributed by atoms with Gasteiger partial charge in [0, 0.05) is 19.0 Å². The molecule has 1 amide bonds. The topological polar surface area (TPSA) is 86.8 Å². The number of aliphatic hydroxyl groups excluding tert-OH is 1. The van der Waals surface area contributed by atoms with Crippen LogP contribution < -0.4 is 5.73 Å². The molecule has 1 saturated heterocycles. The molecular formula is C13H27BN2O3. The number of hydrogen-bond acceptors (Lipinski definition) is 4. The van der Waals surface area contributed by atoms with E-state index in [0.29, 0.717) is 19.5 Å². The van der Waals surface area contributed by atoms with Gasteiger partial charge in [-0.3, -0.25) is 4.79 Å². The molecule has 1 aliphatic heterocycles. The molecule has 0 aliphatic carbocycles. The van der Waals surface area contributed by atoms with Crippen LogP contribution in [0, 0.1) is 11.8 Å². The third-order valence-electron chi connectivity index (χ3n) is 4.03. The Morgan fingerprint density at radius 2 is 2.16 bits per heavy atom. The maximum absolute atomic E-state index is 12.2. The first kappa shape index (κ1) is 16.5. The fourth-order valence-corrected chi connectivity index (χ4v) is 2.85. The Labute approximate surface area is 116 Å². The molecule has 0 saturated carbocycles. The summed E-state index contributed by atoms with van der Waals surface area (Å²) in [7, 11) is 2.11. The van der Waals surface area contributed by atoms with Crippen molar-refractivity contribution in [3.63, 3.8) is 0 Å². The van der Waals surface area contributed by atoms with Crippen LogP contribution in [0.25, 0.3) is 0 Å². The van der Waals surface area contributed by atoms with Gasteiger partial charge in [-0.1, -0.05) is 26.1 Å². The lowest BCUT2D eigenvalue weighted by Crippen LogP contribution is -2.43. The molecule has 1 rings (SSSR count). The molecule has 19 heavy (non-hydrogen) atoms. The average Bonchev–Trinajstić information content (AvgIpc) is 2.79. The van der Waals surface area contributed by atoms with Crippen LogP contribution in [-0.4, -0.2) is 54.3 Å². The molecule has 0 aromatic heterocycles. The fraction of sp³-hybridized carbons (Fsp3) is 0.923. The maximum atomic E-state index is 12.2. The van der Waals surface area contributed by atoms with Gasteiger partial charge in [-0.15, -0.1) is 0 Å². The Bertz CT molecular complexity index is 289. The Balaban J connectivity index is 2.61. The summed E-state index contributed by atoms with van der Waals surface area (Å²) < 4.78 is 0. The first-order chi connectivity index (χ1) is 9.01. The molecule has 4 N–H and O–H groups in total. The van der Waals surface area contributed by atoms with E-state index in [-0.39, 0.29) is 17.7 Å². The van der Waals surface area contributed by atoms with Crippen molar-refractivity contribution in [3.05, 3.63) is 0 Å². The number of carbonyl (C=O) groups is 1. The summed E-state index contributed by atoms with van der Waals surface area (Å²) in [4.78, 5) is 13.9. The molecule has 1 fully saturated rings. The molecule has 0 aromatic carbocycles. The predicted molar refractivity (Wildman–Crippen MR) is 77.3 cm³/mol. The van der Waals surface area contributed by atoms with Crippen LogP contribution in [0.1, 0.15) is 32.6 Å². The van der Waals surface area contributed by atoms with Crippen LogP contribution in [0.2, 0.25) is 6.32 Å². The highest BCUT2D eigenvalue weighted by atomic mass is 16.5. The molecule has 3 atom stereocenters. The van der Waals surface area contributed by atoms with Crippen LogP contribution >= 0.6 is 0 Å². The van der Waals surface area contributed by atoms with E-state index in [4.69, 9.17) is 5.73 Å². The van der Waals surface area contributed by atoms with Gasteiger partial charge >= 0.3 is 0 Å². The lowest BCUT2D eigenvalue weighted by Gasteiger charge is -2.20. The monoisotopic (exact) mass is 270 g/mol. The molecule has 1 aliphatic rings. The number of carbonyl (C=O) groups excluding carboxylic acids is 1. The second-order valence-electron chi connectivity index (χ2n) is 5.62. The SMILES string of the molecule is BCCC[C@H]1CN(C(=O)[C@@H](N)CCC)C[C@H]1C(O)O. The lowest BCUT2D eigenvalue weighted by atomic mass is 9.88. The zero-order valence-electron chi connectivity index (χ0n) is 12.1. The van der Waals surface area contributed by atoms with Crippen LogP contribution in [0.4, 0.5) is 0 Å². The van der Waals surface area contributed by atoms with E-state index in [9.17, 15) is 15.0 Å². The Kier molecular flexibility index (Phi) is 6.82. The smallest absolute Gasteiger partial charge is 0.239 e. The van der Waals surface area contributed by atoms with Gasteiger partial charge in [0.25, 0.3) is 0 Å². The second kappa shape index (κ2) is 7.87. The van der Waals surface area contributed by atoms with E-state index in [2.05, 4.69) is 7.85 Å². The van der Waals surface area contributed by atoms with E-state index in [0.717, 1.165) is 25.6 Å². The quantitative estimate of drug-likeness (QED) is 0.423.